The zero-order valence-corrected chi connectivity index (χ0v) is 25.4. The van der Waals surface area contributed by atoms with Crippen molar-refractivity contribution < 1.29 is 23.7 Å². The fourth-order valence-electron chi connectivity index (χ4n) is 4.65. The molecule has 0 bridgehead atoms. The summed E-state index contributed by atoms with van der Waals surface area (Å²) in [6, 6.07) is 14.1. The van der Waals surface area contributed by atoms with Crippen LogP contribution in [0.4, 0.5) is 0 Å². The number of aryl methyl sites for hydroxylation is 1. The van der Waals surface area contributed by atoms with Crippen LogP contribution in [0.25, 0.3) is 10.8 Å². The number of benzene rings is 3. The first-order valence-corrected chi connectivity index (χ1v) is 15.3. The molecule has 0 aliphatic heterocycles. The highest BCUT2D eigenvalue weighted by Crippen LogP contribution is 2.53. The molecule has 3 rings (SSSR count). The topological polar surface area (TPSA) is 54.0 Å². The Morgan fingerprint density at radius 1 is 0.675 bits per heavy atom. The van der Waals surface area contributed by atoms with Gasteiger partial charge >= 0.3 is 5.97 Å². The standard InChI is InChI=1S/C34H45ClO5/c1-5-8-10-12-22-37-33-31(40-25(4)36)28-15-14-16-29(35)30(28)32(34(33)38-23-13-11-9-6-2)39-24-21-27-19-17-26(7-3)18-20-27/h14-20H,5-13,21-24H2,1-4H3. The lowest BCUT2D eigenvalue weighted by atomic mass is 10.1. The fourth-order valence-corrected chi connectivity index (χ4v) is 4.91. The van der Waals surface area contributed by atoms with E-state index in [0.29, 0.717) is 58.6 Å². The largest absolute Gasteiger partial charge is 0.488 e. The van der Waals surface area contributed by atoms with E-state index in [2.05, 4.69) is 45.0 Å². The molecule has 3 aromatic rings. The molecule has 0 atom stereocenters. The first-order valence-electron chi connectivity index (χ1n) is 14.9. The van der Waals surface area contributed by atoms with Crippen LogP contribution in [0.3, 0.4) is 0 Å². The van der Waals surface area contributed by atoms with Crippen LogP contribution < -0.4 is 18.9 Å². The van der Waals surface area contributed by atoms with Gasteiger partial charge in [0.2, 0.25) is 11.5 Å². The van der Waals surface area contributed by atoms with Crippen molar-refractivity contribution in [3.05, 3.63) is 58.6 Å². The molecule has 0 heterocycles. The molecule has 0 spiro atoms. The Labute approximate surface area is 245 Å². The summed E-state index contributed by atoms with van der Waals surface area (Å²) in [5.41, 5.74) is 2.50. The van der Waals surface area contributed by atoms with Crippen LogP contribution in [0.2, 0.25) is 5.02 Å². The van der Waals surface area contributed by atoms with Crippen molar-refractivity contribution in [3.8, 4) is 23.0 Å². The Kier molecular flexibility index (Phi) is 13.4. The molecule has 3 aromatic carbocycles. The molecule has 0 amide bonds. The molecule has 5 nitrogen and oxygen atoms in total. The van der Waals surface area contributed by atoms with Crippen LogP contribution in [0.5, 0.6) is 23.0 Å². The fraction of sp³-hybridized carbons (Fsp3) is 0.500. The third kappa shape index (κ3) is 9.05. The second-order valence-corrected chi connectivity index (χ2v) is 10.6. The number of hydrogen-bond donors (Lipinski definition) is 0. The van der Waals surface area contributed by atoms with Gasteiger partial charge in [-0.25, -0.2) is 0 Å². The van der Waals surface area contributed by atoms with Crippen molar-refractivity contribution >= 4 is 28.3 Å². The normalized spacial score (nSPS) is 11.0. The average molecular weight is 569 g/mol. The SMILES string of the molecule is CCCCCCOc1c(OCCCCCC)c(OCCc2ccc(CC)cc2)c2c(Cl)cccc2c1OC(C)=O. The smallest absolute Gasteiger partial charge is 0.308 e. The minimum absolute atomic E-state index is 0.326. The van der Waals surface area contributed by atoms with Gasteiger partial charge in [-0.2, -0.15) is 0 Å². The number of unbranched alkanes of at least 4 members (excludes halogenated alkanes) is 6. The molecule has 0 radical (unpaired) electrons. The average Bonchev–Trinajstić information content (AvgIpc) is 2.95. The lowest BCUT2D eigenvalue weighted by Crippen LogP contribution is -2.11. The summed E-state index contributed by atoms with van der Waals surface area (Å²) in [4.78, 5) is 12.2. The summed E-state index contributed by atoms with van der Waals surface area (Å²) < 4.78 is 25.0. The number of halogens is 1. The van der Waals surface area contributed by atoms with Crippen molar-refractivity contribution in [2.75, 3.05) is 19.8 Å². The maximum absolute atomic E-state index is 12.2. The Morgan fingerprint density at radius 3 is 1.82 bits per heavy atom. The molecule has 0 aromatic heterocycles. The van der Waals surface area contributed by atoms with Crippen LogP contribution in [0, 0.1) is 0 Å². The molecule has 0 N–H and O–H groups in total. The van der Waals surface area contributed by atoms with Gasteiger partial charge in [-0.3, -0.25) is 4.79 Å². The monoisotopic (exact) mass is 568 g/mol. The van der Waals surface area contributed by atoms with Gasteiger partial charge in [-0.05, 0) is 36.5 Å². The number of esters is 1. The Bertz CT molecular complexity index is 1210. The van der Waals surface area contributed by atoms with Crippen LogP contribution in [-0.4, -0.2) is 25.8 Å². The van der Waals surface area contributed by atoms with E-state index in [0.717, 1.165) is 64.2 Å². The molecular formula is C34H45ClO5. The van der Waals surface area contributed by atoms with E-state index >= 15 is 0 Å². The van der Waals surface area contributed by atoms with Crippen LogP contribution >= 0.6 is 11.6 Å². The molecule has 6 heteroatoms. The highest BCUT2D eigenvalue weighted by Gasteiger charge is 2.27. The maximum atomic E-state index is 12.2. The third-order valence-corrected chi connectivity index (χ3v) is 7.22. The van der Waals surface area contributed by atoms with Crippen LogP contribution in [-0.2, 0) is 17.6 Å². The predicted molar refractivity (Wildman–Crippen MR) is 165 cm³/mol. The zero-order chi connectivity index (χ0) is 28.7. The Morgan fingerprint density at radius 2 is 1.25 bits per heavy atom. The minimum Gasteiger partial charge on any atom is -0.488 e. The quantitative estimate of drug-likeness (QED) is 0.0868. The number of carbonyl (C=O) groups is 1. The van der Waals surface area contributed by atoms with Gasteiger partial charge < -0.3 is 18.9 Å². The van der Waals surface area contributed by atoms with Gasteiger partial charge in [0.1, 0.15) is 0 Å². The van der Waals surface area contributed by atoms with Crippen LogP contribution in [0.1, 0.15) is 90.2 Å². The summed E-state index contributed by atoms with van der Waals surface area (Å²) in [6.45, 7) is 9.32. The number of ether oxygens (including phenoxy) is 4. The van der Waals surface area contributed by atoms with Crippen molar-refractivity contribution in [1.29, 1.82) is 0 Å². The number of carbonyl (C=O) groups excluding carboxylic acids is 1. The lowest BCUT2D eigenvalue weighted by molar-refractivity contribution is -0.131. The molecular weight excluding hydrogens is 524 g/mol. The summed E-state index contributed by atoms with van der Waals surface area (Å²) >= 11 is 6.77. The highest BCUT2D eigenvalue weighted by molar-refractivity contribution is 6.36. The molecule has 218 valence electrons. The Hall–Kier alpha value is -2.92. The van der Waals surface area contributed by atoms with Gasteiger partial charge in [0.15, 0.2) is 11.5 Å². The van der Waals surface area contributed by atoms with E-state index in [9.17, 15) is 4.79 Å². The van der Waals surface area contributed by atoms with Gasteiger partial charge in [0.05, 0.1) is 30.2 Å². The van der Waals surface area contributed by atoms with E-state index in [1.165, 1.54) is 18.1 Å². The van der Waals surface area contributed by atoms with Crippen LogP contribution in [0.15, 0.2) is 42.5 Å². The van der Waals surface area contributed by atoms with E-state index in [4.69, 9.17) is 30.5 Å². The van der Waals surface area contributed by atoms with Crippen molar-refractivity contribution in [2.24, 2.45) is 0 Å². The summed E-state index contributed by atoms with van der Waals surface area (Å²) in [7, 11) is 0. The maximum Gasteiger partial charge on any atom is 0.308 e. The first kappa shape index (κ1) is 31.6. The van der Waals surface area contributed by atoms with Crippen molar-refractivity contribution in [3.63, 3.8) is 0 Å². The molecule has 40 heavy (non-hydrogen) atoms. The second kappa shape index (κ2) is 17.0. The van der Waals surface area contributed by atoms with Gasteiger partial charge in [-0.15, -0.1) is 0 Å². The molecule has 0 aliphatic rings. The second-order valence-electron chi connectivity index (χ2n) is 10.2. The first-order chi connectivity index (χ1) is 19.5. The van der Waals surface area contributed by atoms with E-state index in [1.807, 2.05) is 18.2 Å². The van der Waals surface area contributed by atoms with Gasteiger partial charge in [-0.1, -0.05) is 107 Å². The predicted octanol–water partition coefficient (Wildman–Crippen LogP) is 9.52. The molecule has 0 fully saturated rings. The summed E-state index contributed by atoms with van der Waals surface area (Å²) in [6.07, 6.45) is 10.2. The Balaban J connectivity index is 2.03. The number of hydrogen-bond acceptors (Lipinski definition) is 5. The molecule has 0 unspecified atom stereocenters. The zero-order valence-electron chi connectivity index (χ0n) is 24.7. The molecule has 0 aliphatic carbocycles. The van der Waals surface area contributed by atoms with E-state index in [1.54, 1.807) is 0 Å². The van der Waals surface area contributed by atoms with E-state index in [-0.39, 0.29) is 0 Å². The third-order valence-electron chi connectivity index (χ3n) is 6.91. The van der Waals surface area contributed by atoms with Crippen molar-refractivity contribution in [1.82, 2.24) is 0 Å². The molecule has 0 saturated heterocycles. The summed E-state index contributed by atoms with van der Waals surface area (Å²) in [5, 5.41) is 1.81. The highest BCUT2D eigenvalue weighted by atomic mass is 35.5. The molecule has 0 saturated carbocycles. The minimum atomic E-state index is -0.435. The number of fused-ring (bicyclic) bond motifs is 1. The lowest BCUT2D eigenvalue weighted by Gasteiger charge is -2.22. The van der Waals surface area contributed by atoms with E-state index < -0.39 is 5.97 Å². The van der Waals surface area contributed by atoms with Crippen molar-refractivity contribution in [2.45, 2.75) is 91.9 Å². The summed E-state index contributed by atoms with van der Waals surface area (Å²) in [5.74, 6) is 1.27. The number of rotatable bonds is 18. The van der Waals surface area contributed by atoms with Gasteiger partial charge in [0.25, 0.3) is 0 Å². The van der Waals surface area contributed by atoms with Gasteiger partial charge in [0, 0.05) is 18.7 Å².